The fourth-order valence-corrected chi connectivity index (χ4v) is 3.48. The van der Waals surface area contributed by atoms with Gasteiger partial charge in [0.25, 0.3) is 0 Å². The lowest BCUT2D eigenvalue weighted by Crippen LogP contribution is -2.34. The number of hydrogen-bond donors (Lipinski definition) is 1. The third-order valence-corrected chi connectivity index (χ3v) is 4.59. The van der Waals surface area contributed by atoms with Crippen LogP contribution in [-0.2, 0) is 0 Å². The van der Waals surface area contributed by atoms with Gasteiger partial charge in [-0.2, -0.15) is 0 Å². The van der Waals surface area contributed by atoms with Gasteiger partial charge in [-0.3, -0.25) is 0 Å². The molecule has 0 saturated carbocycles. The summed E-state index contributed by atoms with van der Waals surface area (Å²) in [4.78, 5) is 5.60. The summed E-state index contributed by atoms with van der Waals surface area (Å²) in [5.41, 5.74) is 5.54. The molecule has 0 spiro atoms. The van der Waals surface area contributed by atoms with Crippen molar-refractivity contribution in [3.8, 4) is 0 Å². The second-order valence-corrected chi connectivity index (χ2v) is 6.03. The Kier molecular flexibility index (Phi) is 4.38. The van der Waals surface area contributed by atoms with Gasteiger partial charge >= 0.3 is 0 Å². The molecule has 0 bridgehead atoms. The first-order valence-electron chi connectivity index (χ1n) is 6.28. The first-order valence-corrected chi connectivity index (χ1v) is 7.10. The van der Waals surface area contributed by atoms with Crippen LogP contribution in [0.15, 0.2) is 12.1 Å². The normalized spacial score (nSPS) is 19.1. The summed E-state index contributed by atoms with van der Waals surface area (Å²) in [5, 5.41) is 0. The number of thiophene rings is 1. The van der Waals surface area contributed by atoms with Gasteiger partial charge in [0.05, 0.1) is 0 Å². The number of nitrogens with zero attached hydrogens (tertiary/aromatic N) is 1. The Bertz CT molecular complexity index is 313. The zero-order chi connectivity index (χ0) is 11.4. The maximum absolute atomic E-state index is 5.54. The summed E-state index contributed by atoms with van der Waals surface area (Å²) < 4.78 is 0. The maximum atomic E-state index is 5.54. The zero-order valence-corrected chi connectivity index (χ0v) is 10.9. The Morgan fingerprint density at radius 1 is 1.38 bits per heavy atom. The minimum absolute atomic E-state index is 0.813. The molecular weight excluding hydrogens is 216 g/mol. The van der Waals surface area contributed by atoms with Crippen LogP contribution in [0.3, 0.4) is 0 Å². The van der Waals surface area contributed by atoms with Crippen LogP contribution >= 0.6 is 11.3 Å². The third kappa shape index (κ3) is 3.06. The van der Waals surface area contributed by atoms with E-state index in [0.29, 0.717) is 0 Å². The molecule has 2 nitrogen and oxygen atoms in total. The van der Waals surface area contributed by atoms with Crippen molar-refractivity contribution >= 4 is 11.3 Å². The number of piperidine rings is 1. The molecule has 0 radical (unpaired) electrons. The highest BCUT2D eigenvalue weighted by molar-refractivity contribution is 7.12. The minimum atomic E-state index is 0.813. The SMILES string of the molecule is Cc1ccc(C2CCN(CCCN)CC2)s1. The molecule has 1 fully saturated rings. The third-order valence-electron chi connectivity index (χ3n) is 3.43. The molecule has 1 saturated heterocycles. The van der Waals surface area contributed by atoms with Gasteiger partial charge < -0.3 is 10.6 Å². The number of aryl methyl sites for hydroxylation is 1. The van der Waals surface area contributed by atoms with Crippen LogP contribution in [0, 0.1) is 6.92 Å². The zero-order valence-electron chi connectivity index (χ0n) is 10.1. The number of hydrogen-bond acceptors (Lipinski definition) is 3. The van der Waals surface area contributed by atoms with Crippen LogP contribution in [0.2, 0.25) is 0 Å². The molecule has 0 aromatic carbocycles. The largest absolute Gasteiger partial charge is 0.330 e. The molecule has 2 N–H and O–H groups in total. The Balaban J connectivity index is 1.81. The molecule has 0 atom stereocenters. The van der Waals surface area contributed by atoms with E-state index in [1.165, 1.54) is 37.4 Å². The van der Waals surface area contributed by atoms with E-state index in [-0.39, 0.29) is 0 Å². The first-order chi connectivity index (χ1) is 7.79. The lowest BCUT2D eigenvalue weighted by atomic mass is 9.95. The van der Waals surface area contributed by atoms with E-state index >= 15 is 0 Å². The lowest BCUT2D eigenvalue weighted by molar-refractivity contribution is 0.212. The molecule has 1 aliphatic rings. The van der Waals surface area contributed by atoms with Crippen molar-refractivity contribution in [3.63, 3.8) is 0 Å². The van der Waals surface area contributed by atoms with Crippen molar-refractivity contribution in [2.45, 2.75) is 32.1 Å². The van der Waals surface area contributed by atoms with E-state index in [1.807, 2.05) is 11.3 Å². The lowest BCUT2D eigenvalue weighted by Gasteiger charge is -2.31. The Hall–Kier alpha value is -0.380. The molecule has 0 aliphatic carbocycles. The van der Waals surface area contributed by atoms with Crippen LogP contribution in [0.25, 0.3) is 0 Å². The predicted octanol–water partition coefficient (Wildman–Crippen LogP) is 2.58. The van der Waals surface area contributed by atoms with E-state index in [9.17, 15) is 0 Å². The molecule has 1 aromatic heterocycles. The average molecular weight is 238 g/mol. The van der Waals surface area contributed by atoms with E-state index in [4.69, 9.17) is 5.73 Å². The molecule has 3 heteroatoms. The molecule has 2 heterocycles. The number of rotatable bonds is 4. The van der Waals surface area contributed by atoms with Crippen molar-refractivity contribution in [3.05, 3.63) is 21.9 Å². The highest BCUT2D eigenvalue weighted by Gasteiger charge is 2.20. The van der Waals surface area contributed by atoms with Crippen molar-refractivity contribution < 1.29 is 0 Å². The van der Waals surface area contributed by atoms with Crippen LogP contribution < -0.4 is 5.73 Å². The van der Waals surface area contributed by atoms with Crippen LogP contribution in [-0.4, -0.2) is 31.1 Å². The Morgan fingerprint density at radius 3 is 2.69 bits per heavy atom. The fourth-order valence-electron chi connectivity index (χ4n) is 2.43. The topological polar surface area (TPSA) is 29.3 Å². The molecule has 0 unspecified atom stereocenters. The Labute approximate surface area is 102 Å². The van der Waals surface area contributed by atoms with E-state index < -0.39 is 0 Å². The van der Waals surface area contributed by atoms with Crippen molar-refractivity contribution in [1.29, 1.82) is 0 Å². The van der Waals surface area contributed by atoms with Gasteiger partial charge in [-0.1, -0.05) is 0 Å². The smallest absolute Gasteiger partial charge is 0.00799 e. The summed E-state index contributed by atoms with van der Waals surface area (Å²) in [6.07, 6.45) is 3.79. The molecular formula is C13H22N2S. The maximum Gasteiger partial charge on any atom is 0.00799 e. The highest BCUT2D eigenvalue weighted by atomic mass is 32.1. The summed E-state index contributed by atoms with van der Waals surface area (Å²) in [5.74, 6) is 0.813. The van der Waals surface area contributed by atoms with Gasteiger partial charge in [-0.25, -0.2) is 0 Å². The molecule has 16 heavy (non-hydrogen) atoms. The minimum Gasteiger partial charge on any atom is -0.330 e. The summed E-state index contributed by atoms with van der Waals surface area (Å²) in [7, 11) is 0. The number of nitrogens with two attached hydrogens (primary N) is 1. The van der Waals surface area contributed by atoms with Gasteiger partial charge in [0.1, 0.15) is 0 Å². The van der Waals surface area contributed by atoms with E-state index in [2.05, 4.69) is 24.0 Å². The average Bonchev–Trinajstić information content (AvgIpc) is 2.74. The summed E-state index contributed by atoms with van der Waals surface area (Å²) in [6, 6.07) is 4.57. The van der Waals surface area contributed by atoms with Crippen molar-refractivity contribution in [2.24, 2.45) is 5.73 Å². The van der Waals surface area contributed by atoms with Crippen LogP contribution in [0.4, 0.5) is 0 Å². The quantitative estimate of drug-likeness (QED) is 0.873. The molecule has 90 valence electrons. The van der Waals surface area contributed by atoms with Crippen LogP contribution in [0.1, 0.15) is 34.9 Å². The Morgan fingerprint density at radius 2 is 2.12 bits per heavy atom. The van der Waals surface area contributed by atoms with E-state index in [0.717, 1.165) is 18.9 Å². The first kappa shape index (κ1) is 12.1. The summed E-state index contributed by atoms with van der Waals surface area (Å²) in [6.45, 7) is 6.71. The predicted molar refractivity (Wildman–Crippen MR) is 71.1 cm³/mol. The monoisotopic (exact) mass is 238 g/mol. The molecule has 1 aromatic rings. The van der Waals surface area contributed by atoms with Gasteiger partial charge in [-0.05, 0) is 70.4 Å². The second-order valence-electron chi connectivity index (χ2n) is 4.71. The highest BCUT2D eigenvalue weighted by Crippen LogP contribution is 2.32. The van der Waals surface area contributed by atoms with Gasteiger partial charge in [0.15, 0.2) is 0 Å². The van der Waals surface area contributed by atoms with Gasteiger partial charge in [0.2, 0.25) is 0 Å². The van der Waals surface area contributed by atoms with E-state index in [1.54, 1.807) is 4.88 Å². The molecule has 1 aliphatic heterocycles. The molecule has 2 rings (SSSR count). The van der Waals surface area contributed by atoms with Crippen molar-refractivity contribution in [2.75, 3.05) is 26.2 Å². The second kappa shape index (κ2) is 5.80. The number of likely N-dealkylation sites (tertiary alicyclic amines) is 1. The van der Waals surface area contributed by atoms with Crippen molar-refractivity contribution in [1.82, 2.24) is 4.90 Å². The molecule has 0 amide bonds. The summed E-state index contributed by atoms with van der Waals surface area (Å²) >= 11 is 1.97. The van der Waals surface area contributed by atoms with Gasteiger partial charge in [0, 0.05) is 9.75 Å². The van der Waals surface area contributed by atoms with Crippen LogP contribution in [0.5, 0.6) is 0 Å². The van der Waals surface area contributed by atoms with Gasteiger partial charge in [-0.15, -0.1) is 11.3 Å². The fraction of sp³-hybridized carbons (Fsp3) is 0.692. The standard InChI is InChI=1S/C13H22N2S/c1-11-3-4-13(16-11)12-5-9-15(10-6-12)8-2-7-14/h3-4,12H,2,5-10,14H2,1H3.